The molecule has 1 atom stereocenters. The first kappa shape index (κ1) is 16.5. The Balaban J connectivity index is 2.77. The number of Topliss-reactive ketones (excluding diaryl/α,β-unsaturated/α-hetero) is 1. The minimum Gasteiger partial charge on any atom is -0.428 e. The summed E-state index contributed by atoms with van der Waals surface area (Å²) >= 11 is 0. The van der Waals surface area contributed by atoms with E-state index in [1.807, 2.05) is 6.92 Å². The molecule has 0 fully saturated rings. The fourth-order valence-corrected chi connectivity index (χ4v) is 1.74. The van der Waals surface area contributed by atoms with Gasteiger partial charge in [-0.2, -0.15) is 17.6 Å². The Bertz CT molecular complexity index is 443. The fourth-order valence-electron chi connectivity index (χ4n) is 1.74. The van der Waals surface area contributed by atoms with Crippen molar-refractivity contribution in [2.75, 3.05) is 0 Å². The molecule has 0 saturated carbocycles. The summed E-state index contributed by atoms with van der Waals surface area (Å²) < 4.78 is 53.2. The second-order valence-corrected chi connectivity index (χ2v) is 4.54. The van der Waals surface area contributed by atoms with Crippen molar-refractivity contribution >= 4 is 5.78 Å². The minimum atomic E-state index is -4.54. The van der Waals surface area contributed by atoms with E-state index in [4.69, 9.17) is 0 Å². The van der Waals surface area contributed by atoms with Crippen LogP contribution in [0.25, 0.3) is 0 Å². The number of halogens is 4. The lowest BCUT2D eigenvalue weighted by Crippen LogP contribution is -2.33. The van der Waals surface area contributed by atoms with Crippen molar-refractivity contribution in [1.82, 2.24) is 0 Å². The normalized spacial score (nSPS) is 13.3. The Morgan fingerprint density at radius 2 is 1.80 bits per heavy atom. The monoisotopic (exact) mass is 292 g/mol. The lowest BCUT2D eigenvalue weighted by Gasteiger charge is -2.17. The predicted molar refractivity (Wildman–Crippen MR) is 66.4 cm³/mol. The van der Waals surface area contributed by atoms with E-state index in [0.717, 1.165) is 25.0 Å². The minimum absolute atomic E-state index is 0.112. The molecule has 6 heteroatoms. The SMILES string of the molecule is CCCC(C)C(=O)c1ccc(OC(F)(F)C(F)F)cc1. The Morgan fingerprint density at radius 1 is 1.25 bits per heavy atom. The van der Waals surface area contributed by atoms with Crippen molar-refractivity contribution in [1.29, 1.82) is 0 Å². The Hall–Kier alpha value is -1.59. The largest absolute Gasteiger partial charge is 0.461 e. The van der Waals surface area contributed by atoms with Crippen molar-refractivity contribution in [3.05, 3.63) is 29.8 Å². The van der Waals surface area contributed by atoms with Crippen LogP contribution in [0.4, 0.5) is 17.6 Å². The molecule has 2 nitrogen and oxygen atoms in total. The van der Waals surface area contributed by atoms with Crippen LogP contribution in [0.5, 0.6) is 5.75 Å². The highest BCUT2D eigenvalue weighted by atomic mass is 19.3. The summed E-state index contributed by atoms with van der Waals surface area (Å²) in [7, 11) is 0. The van der Waals surface area contributed by atoms with Crippen LogP contribution in [-0.4, -0.2) is 18.3 Å². The average molecular weight is 292 g/mol. The summed E-state index contributed by atoms with van der Waals surface area (Å²) in [5, 5.41) is 0. The van der Waals surface area contributed by atoms with Gasteiger partial charge in [0.25, 0.3) is 0 Å². The maximum absolute atomic E-state index is 12.7. The average Bonchev–Trinajstić information content (AvgIpc) is 2.38. The highest BCUT2D eigenvalue weighted by Gasteiger charge is 2.43. The first-order valence-electron chi connectivity index (χ1n) is 6.27. The van der Waals surface area contributed by atoms with Crippen LogP contribution >= 0.6 is 0 Å². The summed E-state index contributed by atoms with van der Waals surface area (Å²) in [6, 6.07) is 4.77. The quantitative estimate of drug-likeness (QED) is 0.544. The summed E-state index contributed by atoms with van der Waals surface area (Å²) in [5.41, 5.74) is 0.346. The van der Waals surface area contributed by atoms with Crippen LogP contribution in [0.1, 0.15) is 37.0 Å². The second kappa shape index (κ2) is 6.72. The number of ketones is 1. The molecular formula is C14H16F4O2. The number of carbonyl (C=O) groups is 1. The lowest BCUT2D eigenvalue weighted by molar-refractivity contribution is -0.253. The lowest BCUT2D eigenvalue weighted by atomic mass is 9.95. The molecule has 0 radical (unpaired) electrons. The van der Waals surface area contributed by atoms with Crippen LogP contribution < -0.4 is 4.74 Å². The highest BCUT2D eigenvalue weighted by Crippen LogP contribution is 2.27. The van der Waals surface area contributed by atoms with Gasteiger partial charge in [0.2, 0.25) is 0 Å². The topological polar surface area (TPSA) is 26.3 Å². The summed E-state index contributed by atoms with van der Waals surface area (Å²) in [5.74, 6) is -0.691. The van der Waals surface area contributed by atoms with Crippen molar-refractivity contribution < 1.29 is 27.1 Å². The number of alkyl halides is 4. The Labute approximate surface area is 114 Å². The van der Waals surface area contributed by atoms with Gasteiger partial charge in [0.15, 0.2) is 5.78 Å². The van der Waals surface area contributed by atoms with E-state index in [9.17, 15) is 22.4 Å². The van der Waals surface area contributed by atoms with Crippen LogP contribution in [0.2, 0.25) is 0 Å². The Kier molecular flexibility index (Phi) is 5.53. The number of benzene rings is 1. The van der Waals surface area contributed by atoms with Gasteiger partial charge in [0.05, 0.1) is 0 Å². The van der Waals surface area contributed by atoms with Gasteiger partial charge in [0.1, 0.15) is 5.75 Å². The van der Waals surface area contributed by atoms with Crippen LogP contribution in [0, 0.1) is 5.92 Å². The molecule has 0 aliphatic heterocycles. The molecule has 0 spiro atoms. The highest BCUT2D eigenvalue weighted by molar-refractivity contribution is 5.97. The van der Waals surface area contributed by atoms with Crippen molar-refractivity contribution in [2.24, 2.45) is 5.92 Å². The summed E-state index contributed by atoms with van der Waals surface area (Å²) in [4.78, 5) is 11.9. The van der Waals surface area contributed by atoms with E-state index in [1.165, 1.54) is 12.1 Å². The van der Waals surface area contributed by atoms with Gasteiger partial charge in [-0.05, 0) is 30.7 Å². The first-order chi connectivity index (χ1) is 9.27. The van der Waals surface area contributed by atoms with Crippen LogP contribution in [0.15, 0.2) is 24.3 Å². The first-order valence-corrected chi connectivity index (χ1v) is 6.27. The third kappa shape index (κ3) is 4.21. The zero-order chi connectivity index (χ0) is 15.3. The molecule has 0 aliphatic carbocycles. The van der Waals surface area contributed by atoms with Crippen LogP contribution in [-0.2, 0) is 0 Å². The molecule has 0 amide bonds. The maximum atomic E-state index is 12.7. The molecular weight excluding hydrogens is 276 g/mol. The molecule has 0 N–H and O–H groups in total. The summed E-state index contributed by atoms with van der Waals surface area (Å²) in [6.45, 7) is 3.73. The molecule has 0 saturated heterocycles. The standard InChI is InChI=1S/C14H16F4O2/c1-3-4-9(2)12(19)10-5-7-11(8-6-10)20-14(17,18)13(15)16/h5-9,13H,3-4H2,1-2H3. The zero-order valence-corrected chi connectivity index (χ0v) is 11.2. The van der Waals surface area contributed by atoms with Gasteiger partial charge in [0, 0.05) is 11.5 Å². The molecule has 1 rings (SSSR count). The molecule has 112 valence electrons. The maximum Gasteiger partial charge on any atom is 0.461 e. The number of carbonyl (C=O) groups excluding carboxylic acids is 1. The van der Waals surface area contributed by atoms with E-state index in [-0.39, 0.29) is 11.7 Å². The molecule has 0 aliphatic rings. The van der Waals surface area contributed by atoms with Gasteiger partial charge in [-0.1, -0.05) is 20.3 Å². The van der Waals surface area contributed by atoms with E-state index >= 15 is 0 Å². The van der Waals surface area contributed by atoms with Crippen LogP contribution in [0.3, 0.4) is 0 Å². The smallest absolute Gasteiger partial charge is 0.428 e. The Morgan fingerprint density at radius 3 is 2.25 bits per heavy atom. The van der Waals surface area contributed by atoms with E-state index < -0.39 is 18.3 Å². The third-order valence-electron chi connectivity index (χ3n) is 2.82. The van der Waals surface area contributed by atoms with Gasteiger partial charge < -0.3 is 4.74 Å². The molecule has 0 heterocycles. The van der Waals surface area contributed by atoms with Crippen molar-refractivity contribution in [3.8, 4) is 5.75 Å². The van der Waals surface area contributed by atoms with E-state index in [1.54, 1.807) is 6.92 Å². The predicted octanol–water partition coefficient (Wildman–Crippen LogP) is 4.54. The number of hydrogen-bond acceptors (Lipinski definition) is 2. The van der Waals surface area contributed by atoms with E-state index in [0.29, 0.717) is 5.56 Å². The number of rotatable bonds is 7. The molecule has 1 aromatic carbocycles. The molecule has 0 bridgehead atoms. The van der Waals surface area contributed by atoms with Gasteiger partial charge in [-0.15, -0.1) is 0 Å². The molecule has 1 unspecified atom stereocenters. The van der Waals surface area contributed by atoms with Crippen molar-refractivity contribution in [2.45, 2.75) is 39.2 Å². The van der Waals surface area contributed by atoms with Gasteiger partial charge in [-0.3, -0.25) is 4.79 Å². The van der Waals surface area contributed by atoms with E-state index in [2.05, 4.69) is 4.74 Å². The van der Waals surface area contributed by atoms with Gasteiger partial charge in [-0.25, -0.2) is 0 Å². The molecule has 1 aromatic rings. The molecule has 0 aromatic heterocycles. The van der Waals surface area contributed by atoms with Gasteiger partial charge >= 0.3 is 12.5 Å². The number of hydrogen-bond donors (Lipinski definition) is 0. The zero-order valence-electron chi connectivity index (χ0n) is 11.2. The second-order valence-electron chi connectivity index (χ2n) is 4.54. The number of ether oxygens (including phenoxy) is 1. The molecule has 20 heavy (non-hydrogen) atoms. The summed E-state index contributed by atoms with van der Waals surface area (Å²) in [6.07, 6.45) is -6.87. The van der Waals surface area contributed by atoms with Crippen molar-refractivity contribution in [3.63, 3.8) is 0 Å². The fraction of sp³-hybridized carbons (Fsp3) is 0.500. The third-order valence-corrected chi connectivity index (χ3v) is 2.82.